The van der Waals surface area contributed by atoms with E-state index in [-0.39, 0.29) is 4.90 Å². The van der Waals surface area contributed by atoms with Gasteiger partial charge in [0.2, 0.25) is 15.9 Å². The fourth-order valence-electron chi connectivity index (χ4n) is 4.42. The van der Waals surface area contributed by atoms with E-state index in [1.165, 1.54) is 10.4 Å². The Morgan fingerprint density at radius 2 is 1.77 bits per heavy atom. The number of carbonyl (C=O) groups excluding carboxylic acids is 3. The zero-order chi connectivity index (χ0) is 25.0. The summed E-state index contributed by atoms with van der Waals surface area (Å²) in [5.74, 6) is -1.03. The van der Waals surface area contributed by atoms with Crippen LogP contribution in [-0.2, 0) is 26.0 Å². The standard InChI is InChI=1S/C25H30N4O5S/c1-18-10-12-20(16-22(18)35(33,34)28-14-6-3-7-15-28)26-23(30)17-29-24(31)21(27-25(29)32)13-11-19-8-4-2-5-9-19/h2,4-5,8-10,12,16,21H,3,6-7,11,13-15,17H2,1H3,(H,26,30)(H,27,32)/t21-/m1/s1. The molecule has 0 radical (unpaired) electrons. The number of urea groups is 1. The van der Waals surface area contributed by atoms with E-state index in [4.69, 9.17) is 0 Å². The number of piperidine rings is 1. The number of nitrogens with one attached hydrogen (secondary N) is 2. The Hall–Kier alpha value is -3.24. The molecule has 2 aliphatic rings. The number of benzene rings is 2. The van der Waals surface area contributed by atoms with Gasteiger partial charge in [0.15, 0.2) is 0 Å². The van der Waals surface area contributed by atoms with Crippen molar-refractivity contribution in [3.63, 3.8) is 0 Å². The molecule has 2 saturated heterocycles. The fourth-order valence-corrected chi connectivity index (χ4v) is 6.19. The Bertz CT molecular complexity index is 1210. The van der Waals surface area contributed by atoms with E-state index in [2.05, 4.69) is 10.6 Å². The lowest BCUT2D eigenvalue weighted by atomic mass is 10.1. The molecular formula is C25H30N4O5S. The zero-order valence-corrected chi connectivity index (χ0v) is 20.5. The Morgan fingerprint density at radius 3 is 2.49 bits per heavy atom. The molecule has 0 unspecified atom stereocenters. The number of imide groups is 1. The quantitative estimate of drug-likeness (QED) is 0.543. The molecule has 1 atom stereocenters. The van der Waals surface area contributed by atoms with Crippen LogP contribution in [0.25, 0.3) is 0 Å². The molecule has 2 heterocycles. The molecule has 4 amide bonds. The topological polar surface area (TPSA) is 116 Å². The van der Waals surface area contributed by atoms with Gasteiger partial charge in [-0.05, 0) is 55.9 Å². The Labute approximate surface area is 205 Å². The highest BCUT2D eigenvalue weighted by molar-refractivity contribution is 7.89. The highest BCUT2D eigenvalue weighted by Gasteiger charge is 2.38. The maximum Gasteiger partial charge on any atom is 0.325 e. The minimum Gasteiger partial charge on any atom is -0.326 e. The molecule has 2 N–H and O–H groups in total. The van der Waals surface area contributed by atoms with Crippen LogP contribution >= 0.6 is 0 Å². The lowest BCUT2D eigenvalue weighted by Gasteiger charge is -2.26. The Morgan fingerprint density at radius 1 is 1.06 bits per heavy atom. The normalized spacial score (nSPS) is 19.0. The van der Waals surface area contributed by atoms with Crippen molar-refractivity contribution in [1.29, 1.82) is 0 Å². The monoisotopic (exact) mass is 498 g/mol. The van der Waals surface area contributed by atoms with Crippen LogP contribution < -0.4 is 10.6 Å². The van der Waals surface area contributed by atoms with Crippen LogP contribution in [0.1, 0.15) is 36.8 Å². The van der Waals surface area contributed by atoms with Gasteiger partial charge in [-0.1, -0.05) is 42.8 Å². The summed E-state index contributed by atoms with van der Waals surface area (Å²) in [5, 5.41) is 5.27. The van der Waals surface area contributed by atoms with E-state index >= 15 is 0 Å². The Kier molecular flexibility index (Phi) is 7.51. The molecule has 4 rings (SSSR count). The van der Waals surface area contributed by atoms with Gasteiger partial charge in [0.1, 0.15) is 12.6 Å². The molecule has 2 aromatic rings. The number of rotatable bonds is 8. The summed E-state index contributed by atoms with van der Waals surface area (Å²) in [6.07, 6.45) is 3.72. The summed E-state index contributed by atoms with van der Waals surface area (Å²) in [5.41, 5.74) is 1.94. The van der Waals surface area contributed by atoms with Crippen LogP contribution in [0.2, 0.25) is 0 Å². The molecular weight excluding hydrogens is 468 g/mol. The lowest BCUT2D eigenvalue weighted by molar-refractivity contribution is -0.130. The van der Waals surface area contributed by atoms with Crippen LogP contribution in [0.4, 0.5) is 10.5 Å². The first-order valence-corrected chi connectivity index (χ1v) is 13.3. The molecule has 0 saturated carbocycles. The zero-order valence-electron chi connectivity index (χ0n) is 19.7. The highest BCUT2D eigenvalue weighted by Crippen LogP contribution is 2.26. The van der Waals surface area contributed by atoms with Gasteiger partial charge in [0.25, 0.3) is 5.91 Å². The third kappa shape index (κ3) is 5.71. The molecule has 2 fully saturated rings. The maximum atomic E-state index is 13.1. The number of amides is 4. The van der Waals surface area contributed by atoms with E-state index in [0.29, 0.717) is 37.2 Å². The van der Waals surface area contributed by atoms with Crippen molar-refractivity contribution in [3.05, 3.63) is 59.7 Å². The van der Waals surface area contributed by atoms with Gasteiger partial charge < -0.3 is 10.6 Å². The smallest absolute Gasteiger partial charge is 0.325 e. The van der Waals surface area contributed by atoms with Crippen molar-refractivity contribution in [2.75, 3.05) is 25.0 Å². The van der Waals surface area contributed by atoms with Gasteiger partial charge in [-0.2, -0.15) is 4.31 Å². The van der Waals surface area contributed by atoms with Crippen molar-refractivity contribution < 1.29 is 22.8 Å². The van der Waals surface area contributed by atoms with Crippen molar-refractivity contribution in [1.82, 2.24) is 14.5 Å². The van der Waals surface area contributed by atoms with Crippen LogP contribution in [0, 0.1) is 6.92 Å². The second-order valence-corrected chi connectivity index (χ2v) is 10.9. The number of anilines is 1. The van der Waals surface area contributed by atoms with E-state index in [1.807, 2.05) is 30.3 Å². The van der Waals surface area contributed by atoms with E-state index in [1.54, 1.807) is 19.1 Å². The van der Waals surface area contributed by atoms with Gasteiger partial charge in [0.05, 0.1) is 4.90 Å². The van der Waals surface area contributed by atoms with Crippen LogP contribution in [-0.4, -0.2) is 61.1 Å². The van der Waals surface area contributed by atoms with Crippen molar-refractivity contribution in [2.45, 2.75) is 50.0 Å². The summed E-state index contributed by atoms with van der Waals surface area (Å²) in [6.45, 7) is 2.23. The molecule has 9 nitrogen and oxygen atoms in total. The van der Waals surface area contributed by atoms with Crippen LogP contribution in [0.5, 0.6) is 0 Å². The van der Waals surface area contributed by atoms with Crippen molar-refractivity contribution in [3.8, 4) is 0 Å². The van der Waals surface area contributed by atoms with Crippen molar-refractivity contribution >= 4 is 33.6 Å². The van der Waals surface area contributed by atoms with Crippen molar-refractivity contribution in [2.24, 2.45) is 0 Å². The van der Waals surface area contributed by atoms with Crippen LogP contribution in [0.3, 0.4) is 0 Å². The van der Waals surface area contributed by atoms with Gasteiger partial charge >= 0.3 is 6.03 Å². The van der Waals surface area contributed by atoms with Gasteiger partial charge in [-0.15, -0.1) is 0 Å². The SMILES string of the molecule is Cc1ccc(NC(=O)CN2C(=O)N[C@H](CCc3ccccc3)C2=O)cc1S(=O)(=O)N1CCCCC1. The maximum absolute atomic E-state index is 13.1. The number of hydrogen-bond acceptors (Lipinski definition) is 5. The van der Waals surface area contributed by atoms with Gasteiger partial charge in [-0.25, -0.2) is 13.2 Å². The predicted octanol–water partition coefficient (Wildman–Crippen LogP) is 2.66. The predicted molar refractivity (Wildman–Crippen MR) is 131 cm³/mol. The van der Waals surface area contributed by atoms with E-state index < -0.39 is 40.5 Å². The van der Waals surface area contributed by atoms with Gasteiger partial charge in [-0.3, -0.25) is 14.5 Å². The largest absolute Gasteiger partial charge is 0.326 e. The van der Waals surface area contributed by atoms with E-state index in [0.717, 1.165) is 29.7 Å². The lowest BCUT2D eigenvalue weighted by Crippen LogP contribution is -2.38. The first-order chi connectivity index (χ1) is 16.8. The van der Waals surface area contributed by atoms with Crippen LogP contribution in [0.15, 0.2) is 53.4 Å². The van der Waals surface area contributed by atoms with E-state index in [9.17, 15) is 22.8 Å². The van der Waals surface area contributed by atoms with Gasteiger partial charge in [0, 0.05) is 18.8 Å². The molecule has 186 valence electrons. The summed E-state index contributed by atoms with van der Waals surface area (Å²) >= 11 is 0. The average molecular weight is 499 g/mol. The summed E-state index contributed by atoms with van der Waals surface area (Å²) < 4.78 is 27.7. The first-order valence-electron chi connectivity index (χ1n) is 11.8. The molecule has 0 aliphatic carbocycles. The number of carbonyl (C=O) groups is 3. The first kappa shape index (κ1) is 24.9. The molecule has 0 bridgehead atoms. The minimum absolute atomic E-state index is 0.146. The number of nitrogens with zero attached hydrogens (tertiary/aromatic N) is 2. The third-order valence-corrected chi connectivity index (χ3v) is 8.42. The fraction of sp³-hybridized carbons (Fsp3) is 0.400. The summed E-state index contributed by atoms with van der Waals surface area (Å²) in [6, 6.07) is 13.0. The molecule has 35 heavy (non-hydrogen) atoms. The molecule has 10 heteroatoms. The molecule has 0 aromatic heterocycles. The number of aryl methyl sites for hydroxylation is 2. The minimum atomic E-state index is -3.67. The summed E-state index contributed by atoms with van der Waals surface area (Å²) in [7, 11) is -3.67. The third-order valence-electron chi connectivity index (χ3n) is 6.38. The molecule has 2 aromatic carbocycles. The second-order valence-electron chi connectivity index (χ2n) is 8.94. The average Bonchev–Trinajstić information content (AvgIpc) is 3.12. The molecule has 2 aliphatic heterocycles. The highest BCUT2D eigenvalue weighted by atomic mass is 32.2. The second kappa shape index (κ2) is 10.6. The number of sulfonamides is 1. The summed E-state index contributed by atoms with van der Waals surface area (Å²) in [4.78, 5) is 38.7. The molecule has 0 spiro atoms. The number of hydrogen-bond donors (Lipinski definition) is 2. The Balaban J connectivity index is 1.39.